The molecule has 0 bridgehead atoms. The van der Waals surface area contributed by atoms with Gasteiger partial charge in [-0.05, 0) is 12.8 Å². The minimum absolute atomic E-state index is 0.740. The van der Waals surface area contributed by atoms with Crippen LogP contribution in [0.4, 0.5) is 0 Å². The highest BCUT2D eigenvalue weighted by atomic mass is 14.9. The van der Waals surface area contributed by atoms with Crippen molar-refractivity contribution in [1.29, 1.82) is 0 Å². The highest BCUT2D eigenvalue weighted by Gasteiger charge is 2.03. The van der Waals surface area contributed by atoms with Crippen LogP contribution >= 0.6 is 0 Å². The maximum atomic E-state index is 3.32. The molecule has 0 saturated heterocycles. The van der Waals surface area contributed by atoms with E-state index in [9.17, 15) is 0 Å². The van der Waals surface area contributed by atoms with E-state index in [1.54, 1.807) is 0 Å². The molecule has 1 heteroatoms. The third-order valence-electron chi connectivity index (χ3n) is 1.44. The van der Waals surface area contributed by atoms with E-state index < -0.39 is 0 Å². The van der Waals surface area contributed by atoms with Gasteiger partial charge in [0.2, 0.25) is 0 Å². The Morgan fingerprint density at radius 3 is 2.88 bits per heavy atom. The zero-order valence-corrected chi connectivity index (χ0v) is 5.57. The Morgan fingerprint density at radius 2 is 2.50 bits per heavy atom. The smallest absolute Gasteiger partial charge is 0.0162 e. The molecule has 1 N–H and O–H groups in total. The third kappa shape index (κ3) is 1.34. The van der Waals surface area contributed by atoms with Gasteiger partial charge in [0.15, 0.2) is 0 Å². The molecule has 0 saturated carbocycles. The van der Waals surface area contributed by atoms with Crippen molar-refractivity contribution in [2.24, 2.45) is 5.92 Å². The van der Waals surface area contributed by atoms with Crippen LogP contribution in [0.2, 0.25) is 0 Å². The molecule has 1 heterocycles. The van der Waals surface area contributed by atoms with E-state index in [1.807, 2.05) is 0 Å². The van der Waals surface area contributed by atoms with Crippen molar-refractivity contribution in [1.82, 2.24) is 5.32 Å². The van der Waals surface area contributed by atoms with Crippen LogP contribution < -0.4 is 5.32 Å². The molecule has 1 nitrogen and oxygen atoms in total. The predicted molar refractivity (Wildman–Crippen MR) is 35.8 cm³/mol. The Morgan fingerprint density at radius 1 is 1.75 bits per heavy atom. The fourth-order valence-corrected chi connectivity index (χ4v) is 1.10. The third-order valence-corrected chi connectivity index (χ3v) is 1.44. The molecule has 0 aromatic heterocycles. The standard InChI is InChI=1S/C7H13N/c1-6-3-7(2)5-8-4-6/h3,6,8H,4-5H2,1-2H3/t6-/m0/s1. The van der Waals surface area contributed by atoms with E-state index in [4.69, 9.17) is 0 Å². The van der Waals surface area contributed by atoms with Crippen LogP contribution in [-0.4, -0.2) is 13.1 Å². The summed E-state index contributed by atoms with van der Waals surface area (Å²) >= 11 is 0. The van der Waals surface area contributed by atoms with Gasteiger partial charge in [-0.25, -0.2) is 0 Å². The van der Waals surface area contributed by atoms with Crippen molar-refractivity contribution in [3.05, 3.63) is 11.6 Å². The Hall–Kier alpha value is -0.300. The molecule has 1 atom stereocenters. The summed E-state index contributed by atoms with van der Waals surface area (Å²) in [6.45, 7) is 6.64. The maximum Gasteiger partial charge on any atom is 0.0162 e. The molecule has 0 aromatic carbocycles. The van der Waals surface area contributed by atoms with E-state index in [1.165, 1.54) is 5.57 Å². The Labute approximate surface area is 50.8 Å². The first kappa shape index (κ1) is 5.83. The average Bonchev–Trinajstić information content (AvgIpc) is 1.64. The van der Waals surface area contributed by atoms with Crippen LogP contribution in [0.5, 0.6) is 0 Å². The summed E-state index contributed by atoms with van der Waals surface area (Å²) in [5.41, 5.74) is 1.48. The van der Waals surface area contributed by atoms with E-state index in [0.717, 1.165) is 19.0 Å². The van der Waals surface area contributed by atoms with Gasteiger partial charge in [0.1, 0.15) is 0 Å². The van der Waals surface area contributed by atoms with Crippen molar-refractivity contribution >= 4 is 0 Å². The molecule has 8 heavy (non-hydrogen) atoms. The molecule has 0 aliphatic carbocycles. The van der Waals surface area contributed by atoms with Gasteiger partial charge < -0.3 is 5.32 Å². The van der Waals surface area contributed by atoms with Gasteiger partial charge in [-0.1, -0.05) is 18.6 Å². The maximum absolute atomic E-state index is 3.32. The van der Waals surface area contributed by atoms with Gasteiger partial charge in [0, 0.05) is 13.1 Å². The molecular weight excluding hydrogens is 98.1 g/mol. The van der Waals surface area contributed by atoms with Gasteiger partial charge in [0.05, 0.1) is 0 Å². The zero-order valence-electron chi connectivity index (χ0n) is 5.57. The Bertz CT molecular complexity index is 105. The summed E-state index contributed by atoms with van der Waals surface area (Å²) in [5.74, 6) is 0.740. The first-order chi connectivity index (χ1) is 3.79. The lowest BCUT2D eigenvalue weighted by Crippen LogP contribution is -2.26. The first-order valence-electron chi connectivity index (χ1n) is 3.17. The van der Waals surface area contributed by atoms with Crippen LogP contribution in [0.1, 0.15) is 13.8 Å². The minimum Gasteiger partial charge on any atom is -0.312 e. The van der Waals surface area contributed by atoms with Crippen LogP contribution in [0, 0.1) is 5.92 Å². The molecule has 0 amide bonds. The molecule has 0 unspecified atom stereocenters. The van der Waals surface area contributed by atoms with Crippen molar-refractivity contribution in [3.63, 3.8) is 0 Å². The number of hydrogen-bond donors (Lipinski definition) is 1. The van der Waals surface area contributed by atoms with Gasteiger partial charge in [-0.15, -0.1) is 0 Å². The molecule has 0 spiro atoms. The molecule has 0 radical (unpaired) electrons. The fourth-order valence-electron chi connectivity index (χ4n) is 1.10. The first-order valence-corrected chi connectivity index (χ1v) is 3.17. The Balaban J connectivity index is 2.50. The van der Waals surface area contributed by atoms with Crippen molar-refractivity contribution in [2.75, 3.05) is 13.1 Å². The summed E-state index contributed by atoms with van der Waals surface area (Å²) in [6.07, 6.45) is 2.33. The fraction of sp³-hybridized carbons (Fsp3) is 0.714. The summed E-state index contributed by atoms with van der Waals surface area (Å²) in [6, 6.07) is 0. The van der Waals surface area contributed by atoms with Crippen LogP contribution in [-0.2, 0) is 0 Å². The van der Waals surface area contributed by atoms with Crippen LogP contribution in [0.15, 0.2) is 11.6 Å². The van der Waals surface area contributed by atoms with Crippen molar-refractivity contribution in [3.8, 4) is 0 Å². The van der Waals surface area contributed by atoms with Gasteiger partial charge in [-0.2, -0.15) is 0 Å². The van der Waals surface area contributed by atoms with E-state index >= 15 is 0 Å². The molecule has 1 aliphatic heterocycles. The van der Waals surface area contributed by atoms with Crippen LogP contribution in [0.3, 0.4) is 0 Å². The van der Waals surface area contributed by atoms with E-state index in [0.29, 0.717) is 0 Å². The number of hydrogen-bond acceptors (Lipinski definition) is 1. The monoisotopic (exact) mass is 111 g/mol. The minimum atomic E-state index is 0.740. The molecular formula is C7H13N. The molecule has 46 valence electrons. The van der Waals surface area contributed by atoms with Gasteiger partial charge in [-0.3, -0.25) is 0 Å². The van der Waals surface area contributed by atoms with Crippen molar-refractivity contribution in [2.45, 2.75) is 13.8 Å². The summed E-state index contributed by atoms with van der Waals surface area (Å²) in [4.78, 5) is 0. The Kier molecular flexibility index (Phi) is 1.69. The quantitative estimate of drug-likeness (QED) is 0.463. The summed E-state index contributed by atoms with van der Waals surface area (Å²) in [7, 11) is 0. The molecule has 1 aliphatic rings. The van der Waals surface area contributed by atoms with E-state index in [2.05, 4.69) is 25.2 Å². The van der Waals surface area contributed by atoms with Gasteiger partial charge >= 0.3 is 0 Å². The zero-order chi connectivity index (χ0) is 5.98. The average molecular weight is 111 g/mol. The lowest BCUT2D eigenvalue weighted by Gasteiger charge is -2.15. The van der Waals surface area contributed by atoms with Crippen molar-refractivity contribution < 1.29 is 0 Å². The topological polar surface area (TPSA) is 12.0 Å². The molecule has 0 aromatic rings. The highest BCUT2D eigenvalue weighted by Crippen LogP contribution is 2.04. The summed E-state index contributed by atoms with van der Waals surface area (Å²) in [5, 5.41) is 3.32. The SMILES string of the molecule is CC1=C[C@H](C)CNC1. The normalized spacial score (nSPS) is 29.8. The largest absolute Gasteiger partial charge is 0.312 e. The molecule has 1 rings (SSSR count). The summed E-state index contributed by atoms with van der Waals surface area (Å²) < 4.78 is 0. The second-order valence-electron chi connectivity index (χ2n) is 2.62. The number of rotatable bonds is 0. The number of nitrogens with one attached hydrogen (secondary N) is 1. The lowest BCUT2D eigenvalue weighted by molar-refractivity contribution is 0.583. The van der Waals surface area contributed by atoms with Crippen LogP contribution in [0.25, 0.3) is 0 Å². The predicted octanol–water partition coefficient (Wildman–Crippen LogP) is 1.17. The molecule has 0 fully saturated rings. The second-order valence-corrected chi connectivity index (χ2v) is 2.62. The second kappa shape index (κ2) is 2.31. The van der Waals surface area contributed by atoms with E-state index in [-0.39, 0.29) is 0 Å². The lowest BCUT2D eigenvalue weighted by atomic mass is 10.1. The van der Waals surface area contributed by atoms with Gasteiger partial charge in [0.25, 0.3) is 0 Å². The highest BCUT2D eigenvalue weighted by molar-refractivity contribution is 5.06.